The summed E-state index contributed by atoms with van der Waals surface area (Å²) in [6.45, 7) is 1.44. The highest BCUT2D eigenvalue weighted by molar-refractivity contribution is 5.93. The molecule has 3 aromatic carbocycles. The van der Waals surface area contributed by atoms with E-state index in [-0.39, 0.29) is 5.91 Å². The van der Waals surface area contributed by atoms with Crippen LogP contribution in [0.2, 0.25) is 0 Å². The number of nitrogens with zero attached hydrogens (tertiary/aromatic N) is 2. The van der Waals surface area contributed by atoms with E-state index in [0.29, 0.717) is 31.1 Å². The molecule has 31 heavy (non-hydrogen) atoms. The third-order valence-corrected chi connectivity index (χ3v) is 4.87. The molecule has 5 heteroatoms. The van der Waals surface area contributed by atoms with Crippen LogP contribution in [0.25, 0.3) is 11.4 Å². The van der Waals surface area contributed by atoms with Gasteiger partial charge in [-0.2, -0.15) is 0 Å². The van der Waals surface area contributed by atoms with Gasteiger partial charge in [0.2, 0.25) is 0 Å². The van der Waals surface area contributed by atoms with Gasteiger partial charge in [-0.25, -0.2) is 9.97 Å². The largest absolute Gasteiger partial charge is 0.372 e. The maximum absolute atomic E-state index is 12.6. The van der Waals surface area contributed by atoms with Crippen molar-refractivity contribution in [3.8, 4) is 11.4 Å². The molecule has 0 aliphatic heterocycles. The fraction of sp³-hybridized carbons (Fsp3) is 0.115. The molecule has 0 atom stereocenters. The SMILES string of the molecule is O=C(NCc1ccccc1COCc1ccccc1)c1cnc(-c2ccccc2)nc1. The molecule has 0 radical (unpaired) electrons. The van der Waals surface area contributed by atoms with Crippen molar-refractivity contribution in [2.24, 2.45) is 0 Å². The number of hydrogen-bond donors (Lipinski definition) is 1. The molecule has 0 unspecified atom stereocenters. The van der Waals surface area contributed by atoms with Crippen molar-refractivity contribution in [3.05, 3.63) is 120 Å². The van der Waals surface area contributed by atoms with Crippen LogP contribution in [-0.2, 0) is 24.5 Å². The fourth-order valence-corrected chi connectivity index (χ4v) is 3.18. The smallest absolute Gasteiger partial charge is 0.254 e. The summed E-state index contributed by atoms with van der Waals surface area (Å²) in [4.78, 5) is 21.2. The van der Waals surface area contributed by atoms with Crippen LogP contribution in [-0.4, -0.2) is 15.9 Å². The Balaban J connectivity index is 1.34. The van der Waals surface area contributed by atoms with Crippen LogP contribution in [0.15, 0.2) is 97.3 Å². The lowest BCUT2D eigenvalue weighted by Gasteiger charge is -2.11. The first-order valence-electron chi connectivity index (χ1n) is 10.1. The Labute approximate surface area is 181 Å². The number of hydrogen-bond acceptors (Lipinski definition) is 4. The minimum absolute atomic E-state index is 0.209. The van der Waals surface area contributed by atoms with Gasteiger partial charge in [0.05, 0.1) is 18.8 Å². The second-order valence-corrected chi connectivity index (χ2v) is 7.09. The Morgan fingerprint density at radius 1 is 0.742 bits per heavy atom. The van der Waals surface area contributed by atoms with Crippen LogP contribution in [0, 0.1) is 0 Å². The number of carbonyl (C=O) groups is 1. The normalized spacial score (nSPS) is 10.6. The van der Waals surface area contributed by atoms with E-state index in [2.05, 4.69) is 15.3 Å². The minimum Gasteiger partial charge on any atom is -0.372 e. The van der Waals surface area contributed by atoms with Crippen molar-refractivity contribution in [2.75, 3.05) is 0 Å². The van der Waals surface area contributed by atoms with Gasteiger partial charge in [-0.3, -0.25) is 4.79 Å². The first-order valence-corrected chi connectivity index (χ1v) is 10.1. The second-order valence-electron chi connectivity index (χ2n) is 7.09. The molecular formula is C26H23N3O2. The zero-order valence-electron chi connectivity index (χ0n) is 17.1. The van der Waals surface area contributed by atoms with Gasteiger partial charge in [0.15, 0.2) is 5.82 Å². The van der Waals surface area contributed by atoms with Gasteiger partial charge in [-0.1, -0.05) is 84.9 Å². The lowest BCUT2D eigenvalue weighted by Crippen LogP contribution is -2.23. The van der Waals surface area contributed by atoms with Crippen LogP contribution in [0.5, 0.6) is 0 Å². The summed E-state index contributed by atoms with van der Waals surface area (Å²) in [5.41, 5.74) is 4.55. The van der Waals surface area contributed by atoms with Crippen LogP contribution < -0.4 is 5.32 Å². The number of amides is 1. The zero-order valence-corrected chi connectivity index (χ0v) is 17.1. The average molecular weight is 409 g/mol. The molecule has 0 bridgehead atoms. The molecule has 0 fully saturated rings. The molecule has 1 heterocycles. The molecule has 1 N–H and O–H groups in total. The van der Waals surface area contributed by atoms with Crippen molar-refractivity contribution in [1.29, 1.82) is 0 Å². The molecule has 1 amide bonds. The van der Waals surface area contributed by atoms with Crippen molar-refractivity contribution < 1.29 is 9.53 Å². The Morgan fingerprint density at radius 2 is 1.35 bits per heavy atom. The van der Waals surface area contributed by atoms with Gasteiger partial charge in [0.25, 0.3) is 5.91 Å². The fourth-order valence-electron chi connectivity index (χ4n) is 3.18. The molecule has 0 saturated carbocycles. The summed E-state index contributed by atoms with van der Waals surface area (Å²) in [6.07, 6.45) is 3.11. The molecule has 0 aliphatic rings. The Kier molecular flexibility index (Phi) is 6.78. The molecule has 154 valence electrons. The van der Waals surface area contributed by atoms with Gasteiger partial charge in [-0.15, -0.1) is 0 Å². The highest BCUT2D eigenvalue weighted by atomic mass is 16.5. The van der Waals surface area contributed by atoms with E-state index in [0.717, 1.165) is 22.3 Å². The van der Waals surface area contributed by atoms with E-state index < -0.39 is 0 Å². The molecule has 0 aliphatic carbocycles. The van der Waals surface area contributed by atoms with E-state index in [1.165, 1.54) is 0 Å². The third-order valence-electron chi connectivity index (χ3n) is 4.87. The quantitative estimate of drug-likeness (QED) is 0.454. The van der Waals surface area contributed by atoms with E-state index in [9.17, 15) is 4.79 Å². The van der Waals surface area contributed by atoms with Gasteiger partial charge in [0.1, 0.15) is 0 Å². The van der Waals surface area contributed by atoms with Gasteiger partial charge < -0.3 is 10.1 Å². The van der Waals surface area contributed by atoms with Gasteiger partial charge in [0, 0.05) is 24.5 Å². The highest BCUT2D eigenvalue weighted by Crippen LogP contribution is 2.14. The standard InChI is InChI=1S/C26H23N3O2/c30-26(24-16-27-25(28-17-24)21-11-5-2-6-12-21)29-15-22-13-7-8-14-23(22)19-31-18-20-9-3-1-4-10-20/h1-14,16-17H,15,18-19H2,(H,29,30). The summed E-state index contributed by atoms with van der Waals surface area (Å²) >= 11 is 0. The summed E-state index contributed by atoms with van der Waals surface area (Å²) < 4.78 is 5.86. The first kappa shape index (κ1) is 20.4. The molecule has 0 saturated heterocycles. The molecule has 1 aromatic heterocycles. The molecular weight excluding hydrogens is 386 g/mol. The van der Waals surface area contributed by atoms with Crippen molar-refractivity contribution >= 4 is 5.91 Å². The topological polar surface area (TPSA) is 64.1 Å². The Morgan fingerprint density at radius 3 is 2.06 bits per heavy atom. The number of aromatic nitrogens is 2. The van der Waals surface area contributed by atoms with Crippen LogP contribution >= 0.6 is 0 Å². The van der Waals surface area contributed by atoms with Crippen LogP contribution in [0.1, 0.15) is 27.0 Å². The van der Waals surface area contributed by atoms with Crippen molar-refractivity contribution in [3.63, 3.8) is 0 Å². The Bertz CT molecular complexity index is 1110. The van der Waals surface area contributed by atoms with Crippen LogP contribution in [0.3, 0.4) is 0 Å². The lowest BCUT2D eigenvalue weighted by atomic mass is 10.1. The molecule has 5 nitrogen and oxygen atoms in total. The van der Waals surface area contributed by atoms with E-state index in [1.54, 1.807) is 12.4 Å². The first-order chi connectivity index (χ1) is 15.3. The maximum atomic E-state index is 12.6. The van der Waals surface area contributed by atoms with E-state index >= 15 is 0 Å². The maximum Gasteiger partial charge on any atom is 0.254 e. The Hall–Kier alpha value is -3.83. The predicted molar refractivity (Wildman–Crippen MR) is 120 cm³/mol. The second kappa shape index (κ2) is 10.3. The van der Waals surface area contributed by atoms with Crippen LogP contribution in [0.4, 0.5) is 0 Å². The number of benzene rings is 3. The predicted octanol–water partition coefficient (Wildman–Crippen LogP) is 4.79. The summed E-state index contributed by atoms with van der Waals surface area (Å²) in [5, 5.41) is 2.95. The number of rotatable bonds is 8. The summed E-state index contributed by atoms with van der Waals surface area (Å²) in [7, 11) is 0. The lowest BCUT2D eigenvalue weighted by molar-refractivity contribution is 0.0947. The number of carbonyl (C=O) groups excluding carboxylic acids is 1. The molecule has 4 aromatic rings. The summed E-state index contributed by atoms with van der Waals surface area (Å²) in [6, 6.07) is 27.7. The van der Waals surface area contributed by atoms with Gasteiger partial charge in [-0.05, 0) is 16.7 Å². The average Bonchev–Trinajstić information content (AvgIpc) is 2.84. The number of ether oxygens (including phenoxy) is 1. The minimum atomic E-state index is -0.209. The molecule has 0 spiro atoms. The van der Waals surface area contributed by atoms with E-state index in [4.69, 9.17) is 4.74 Å². The van der Waals surface area contributed by atoms with E-state index in [1.807, 2.05) is 84.9 Å². The van der Waals surface area contributed by atoms with Crippen molar-refractivity contribution in [2.45, 2.75) is 19.8 Å². The third kappa shape index (κ3) is 5.62. The monoisotopic (exact) mass is 409 g/mol. The van der Waals surface area contributed by atoms with Gasteiger partial charge >= 0.3 is 0 Å². The molecule has 4 rings (SSSR count). The summed E-state index contributed by atoms with van der Waals surface area (Å²) in [5.74, 6) is 0.387. The number of nitrogens with one attached hydrogen (secondary N) is 1. The highest BCUT2D eigenvalue weighted by Gasteiger charge is 2.09. The zero-order chi connectivity index (χ0) is 21.3. The van der Waals surface area contributed by atoms with Crippen molar-refractivity contribution in [1.82, 2.24) is 15.3 Å².